The lowest BCUT2D eigenvalue weighted by Gasteiger charge is -2.19. The third-order valence-electron chi connectivity index (χ3n) is 4.04. The molecule has 3 atom stereocenters. The Balaban J connectivity index is 1.87. The number of hydrogen-bond acceptors (Lipinski definition) is 3. The fraction of sp³-hybridized carbons (Fsp3) is 0.500. The van der Waals surface area contributed by atoms with Crippen molar-refractivity contribution >= 4 is 11.9 Å². The van der Waals surface area contributed by atoms with Crippen molar-refractivity contribution in [3.8, 4) is 0 Å². The lowest BCUT2D eigenvalue weighted by molar-refractivity contribution is -0.141. The van der Waals surface area contributed by atoms with Crippen molar-refractivity contribution in [1.82, 2.24) is 5.32 Å². The average molecular weight is 291 g/mol. The number of carbonyl (C=O) groups excluding carboxylic acids is 1. The fourth-order valence-corrected chi connectivity index (χ4v) is 2.82. The van der Waals surface area contributed by atoms with Crippen LogP contribution in [0.25, 0.3) is 0 Å². The van der Waals surface area contributed by atoms with Gasteiger partial charge in [-0.25, -0.2) is 0 Å². The third kappa shape index (κ3) is 4.29. The summed E-state index contributed by atoms with van der Waals surface area (Å²) in [5.41, 5.74) is 1.05. The summed E-state index contributed by atoms with van der Waals surface area (Å²) in [6.07, 6.45) is 2.12. The van der Waals surface area contributed by atoms with E-state index in [-0.39, 0.29) is 24.5 Å². The van der Waals surface area contributed by atoms with E-state index in [1.807, 2.05) is 30.3 Å². The molecule has 0 heterocycles. The van der Waals surface area contributed by atoms with E-state index in [1.54, 1.807) is 0 Å². The number of aliphatic carboxylic acids is 1. The van der Waals surface area contributed by atoms with Gasteiger partial charge < -0.3 is 15.5 Å². The Bertz CT molecular complexity index is 488. The molecule has 1 aromatic rings. The van der Waals surface area contributed by atoms with E-state index in [2.05, 4.69) is 5.32 Å². The first-order chi connectivity index (χ1) is 10.1. The fourth-order valence-electron chi connectivity index (χ4n) is 2.82. The van der Waals surface area contributed by atoms with E-state index in [0.717, 1.165) is 5.56 Å². The number of carbonyl (C=O) groups is 2. The summed E-state index contributed by atoms with van der Waals surface area (Å²) >= 11 is 0. The van der Waals surface area contributed by atoms with Crippen LogP contribution in [0, 0.1) is 11.8 Å². The molecule has 1 saturated carbocycles. The normalized spacial score (nSPS) is 22.7. The van der Waals surface area contributed by atoms with Gasteiger partial charge in [-0.15, -0.1) is 0 Å². The predicted octanol–water partition coefficient (Wildman–Crippen LogP) is 1.21. The quantitative estimate of drug-likeness (QED) is 0.735. The van der Waals surface area contributed by atoms with Crippen LogP contribution < -0.4 is 5.32 Å². The maximum absolute atomic E-state index is 12.2. The van der Waals surface area contributed by atoms with Gasteiger partial charge in [0.15, 0.2) is 0 Å². The second kappa shape index (κ2) is 7.22. The van der Waals surface area contributed by atoms with Crippen LogP contribution in [0.2, 0.25) is 0 Å². The van der Waals surface area contributed by atoms with Gasteiger partial charge in [-0.2, -0.15) is 0 Å². The summed E-state index contributed by atoms with van der Waals surface area (Å²) in [6.45, 7) is -0.129. The predicted molar refractivity (Wildman–Crippen MR) is 77.6 cm³/mol. The average Bonchev–Trinajstić information content (AvgIpc) is 2.97. The maximum atomic E-state index is 12.2. The van der Waals surface area contributed by atoms with Gasteiger partial charge in [0.05, 0.1) is 18.6 Å². The van der Waals surface area contributed by atoms with Crippen LogP contribution in [-0.4, -0.2) is 34.7 Å². The maximum Gasteiger partial charge on any atom is 0.306 e. The van der Waals surface area contributed by atoms with Crippen molar-refractivity contribution in [3.05, 3.63) is 35.9 Å². The highest BCUT2D eigenvalue weighted by atomic mass is 16.4. The van der Waals surface area contributed by atoms with Gasteiger partial charge >= 0.3 is 5.97 Å². The Morgan fingerprint density at radius 1 is 1.19 bits per heavy atom. The molecule has 0 bridgehead atoms. The molecule has 0 aliphatic heterocycles. The number of amides is 1. The van der Waals surface area contributed by atoms with Crippen LogP contribution in [-0.2, 0) is 16.0 Å². The van der Waals surface area contributed by atoms with Gasteiger partial charge in [0.1, 0.15) is 0 Å². The van der Waals surface area contributed by atoms with E-state index in [1.165, 1.54) is 0 Å². The van der Waals surface area contributed by atoms with Gasteiger partial charge in [0.2, 0.25) is 5.91 Å². The highest BCUT2D eigenvalue weighted by Gasteiger charge is 2.34. The van der Waals surface area contributed by atoms with Crippen LogP contribution in [0.4, 0.5) is 0 Å². The molecule has 3 N–H and O–H groups in total. The number of hydrogen-bond donors (Lipinski definition) is 3. The number of benzene rings is 1. The summed E-state index contributed by atoms with van der Waals surface area (Å²) in [6, 6.07) is 9.32. The molecule has 2 rings (SSSR count). The van der Waals surface area contributed by atoms with Crippen molar-refractivity contribution in [2.45, 2.75) is 31.7 Å². The van der Waals surface area contributed by atoms with E-state index >= 15 is 0 Å². The second-order valence-electron chi connectivity index (χ2n) is 5.62. The number of aliphatic hydroxyl groups is 1. The summed E-state index contributed by atoms with van der Waals surface area (Å²) in [4.78, 5) is 23.1. The zero-order chi connectivity index (χ0) is 15.2. The number of rotatable bonds is 6. The molecule has 1 amide bonds. The monoisotopic (exact) mass is 291 g/mol. The molecular formula is C16H21NO4. The molecule has 0 spiro atoms. The Morgan fingerprint density at radius 2 is 1.86 bits per heavy atom. The van der Waals surface area contributed by atoms with E-state index in [4.69, 9.17) is 5.11 Å². The highest BCUT2D eigenvalue weighted by molar-refractivity contribution is 5.81. The summed E-state index contributed by atoms with van der Waals surface area (Å²) in [5, 5.41) is 21.2. The molecule has 1 aliphatic carbocycles. The molecule has 0 saturated heterocycles. The minimum Gasteiger partial charge on any atom is -0.481 e. The lowest BCUT2D eigenvalue weighted by Crippen LogP contribution is -2.42. The van der Waals surface area contributed by atoms with Crippen LogP contribution in [0.5, 0.6) is 0 Å². The Labute approximate surface area is 124 Å². The molecule has 21 heavy (non-hydrogen) atoms. The molecule has 1 aliphatic rings. The highest BCUT2D eigenvalue weighted by Crippen LogP contribution is 2.31. The SMILES string of the molecule is O=C(O)C1CCC(C(=O)NC(CO)Cc2ccccc2)C1. The van der Waals surface area contributed by atoms with Crippen molar-refractivity contribution in [1.29, 1.82) is 0 Å². The molecule has 5 heteroatoms. The molecule has 3 unspecified atom stereocenters. The number of carboxylic acid groups (broad SMARTS) is 1. The van der Waals surface area contributed by atoms with E-state index in [0.29, 0.717) is 25.7 Å². The second-order valence-corrected chi connectivity index (χ2v) is 5.62. The largest absolute Gasteiger partial charge is 0.481 e. The molecule has 0 aromatic heterocycles. The first-order valence-corrected chi connectivity index (χ1v) is 7.28. The third-order valence-corrected chi connectivity index (χ3v) is 4.04. The minimum atomic E-state index is -0.826. The molecule has 114 valence electrons. The topological polar surface area (TPSA) is 86.6 Å². The zero-order valence-electron chi connectivity index (χ0n) is 11.9. The lowest BCUT2D eigenvalue weighted by atomic mass is 10.0. The van der Waals surface area contributed by atoms with Crippen molar-refractivity contribution in [3.63, 3.8) is 0 Å². The number of nitrogens with one attached hydrogen (secondary N) is 1. The molecule has 1 fully saturated rings. The Kier molecular flexibility index (Phi) is 5.33. The van der Waals surface area contributed by atoms with Crippen LogP contribution in [0.1, 0.15) is 24.8 Å². The van der Waals surface area contributed by atoms with Gasteiger partial charge in [0.25, 0.3) is 0 Å². The smallest absolute Gasteiger partial charge is 0.306 e. The van der Waals surface area contributed by atoms with E-state index in [9.17, 15) is 14.7 Å². The van der Waals surface area contributed by atoms with Crippen molar-refractivity contribution in [2.24, 2.45) is 11.8 Å². The Hall–Kier alpha value is -1.88. The Morgan fingerprint density at radius 3 is 2.43 bits per heavy atom. The van der Waals surface area contributed by atoms with Crippen LogP contribution in [0.3, 0.4) is 0 Å². The number of carboxylic acids is 1. The van der Waals surface area contributed by atoms with Gasteiger partial charge in [-0.3, -0.25) is 9.59 Å². The van der Waals surface area contributed by atoms with Crippen molar-refractivity contribution < 1.29 is 19.8 Å². The molecule has 0 radical (unpaired) electrons. The summed E-state index contributed by atoms with van der Waals surface area (Å²) < 4.78 is 0. The molecule has 5 nitrogen and oxygen atoms in total. The van der Waals surface area contributed by atoms with E-state index < -0.39 is 11.9 Å². The minimum absolute atomic E-state index is 0.129. The van der Waals surface area contributed by atoms with Gasteiger partial charge in [-0.05, 0) is 31.2 Å². The van der Waals surface area contributed by atoms with Crippen LogP contribution >= 0.6 is 0 Å². The van der Waals surface area contributed by atoms with Crippen molar-refractivity contribution in [2.75, 3.05) is 6.61 Å². The standard InChI is InChI=1S/C16H21NO4/c18-10-14(8-11-4-2-1-3-5-11)17-15(19)12-6-7-13(9-12)16(20)21/h1-5,12-14,18H,6-10H2,(H,17,19)(H,20,21). The van der Waals surface area contributed by atoms with Gasteiger partial charge in [0, 0.05) is 5.92 Å². The van der Waals surface area contributed by atoms with Crippen LogP contribution in [0.15, 0.2) is 30.3 Å². The summed E-state index contributed by atoms with van der Waals surface area (Å²) in [7, 11) is 0. The molecular weight excluding hydrogens is 270 g/mol. The first kappa shape index (κ1) is 15.5. The first-order valence-electron chi connectivity index (χ1n) is 7.28. The zero-order valence-corrected chi connectivity index (χ0v) is 11.9. The van der Waals surface area contributed by atoms with Gasteiger partial charge in [-0.1, -0.05) is 30.3 Å². The molecule has 1 aromatic carbocycles. The summed E-state index contributed by atoms with van der Waals surface area (Å²) in [5.74, 6) is -1.64. The number of aliphatic hydroxyl groups excluding tert-OH is 1.